The van der Waals surface area contributed by atoms with Gasteiger partial charge in [0, 0.05) is 0 Å². The van der Waals surface area contributed by atoms with Crippen LogP contribution < -0.4 is 5.32 Å². The van der Waals surface area contributed by atoms with Gasteiger partial charge in [0.15, 0.2) is 0 Å². The van der Waals surface area contributed by atoms with Gasteiger partial charge in [0.05, 0.1) is 12.1 Å². The lowest BCUT2D eigenvalue weighted by atomic mass is 9.93. The van der Waals surface area contributed by atoms with Crippen molar-refractivity contribution in [2.45, 2.75) is 18.4 Å². The van der Waals surface area contributed by atoms with Crippen molar-refractivity contribution in [3.05, 3.63) is 35.4 Å². The van der Waals surface area contributed by atoms with E-state index in [1.165, 1.54) is 11.1 Å². The van der Waals surface area contributed by atoms with Gasteiger partial charge in [0.25, 0.3) is 0 Å². The van der Waals surface area contributed by atoms with Crippen LogP contribution >= 0.6 is 0 Å². The van der Waals surface area contributed by atoms with Crippen molar-refractivity contribution in [2.75, 3.05) is 13.7 Å². The first kappa shape index (κ1) is 8.73. The van der Waals surface area contributed by atoms with Gasteiger partial charge in [0.2, 0.25) is 0 Å². The summed E-state index contributed by atoms with van der Waals surface area (Å²) in [6.07, 6.45) is 2.07. The fourth-order valence-corrected chi connectivity index (χ4v) is 2.19. The maximum Gasteiger partial charge on any atom is 0.0672 e. The summed E-state index contributed by atoms with van der Waals surface area (Å²) in [6, 6.07) is 8.34. The van der Waals surface area contributed by atoms with Crippen molar-refractivity contribution in [2.24, 2.45) is 0 Å². The molecular weight excluding hydrogens is 162 g/mol. The maximum absolute atomic E-state index is 9.40. The molecule has 13 heavy (non-hydrogen) atoms. The predicted octanol–water partition coefficient (Wildman–Crippen LogP) is 1.04. The van der Waals surface area contributed by atoms with Crippen molar-refractivity contribution in [3.8, 4) is 0 Å². The number of likely N-dealkylation sites (N-methyl/N-ethyl adjacent to an activating group) is 1. The smallest absolute Gasteiger partial charge is 0.0672 e. The number of aryl methyl sites for hydroxylation is 1. The molecule has 0 aromatic heterocycles. The van der Waals surface area contributed by atoms with E-state index >= 15 is 0 Å². The Balaban J connectivity index is 2.47. The molecule has 0 radical (unpaired) electrons. The molecule has 0 saturated heterocycles. The average molecular weight is 177 g/mol. The van der Waals surface area contributed by atoms with Crippen molar-refractivity contribution < 1.29 is 5.11 Å². The Kier molecular flexibility index (Phi) is 2.10. The highest BCUT2D eigenvalue weighted by molar-refractivity contribution is 5.38. The highest BCUT2D eigenvalue weighted by Gasteiger charge is 2.36. The van der Waals surface area contributed by atoms with E-state index in [9.17, 15) is 5.11 Å². The summed E-state index contributed by atoms with van der Waals surface area (Å²) >= 11 is 0. The Hall–Kier alpha value is -0.860. The molecule has 0 spiro atoms. The third-order valence-corrected chi connectivity index (χ3v) is 3.10. The van der Waals surface area contributed by atoms with Gasteiger partial charge in [-0.25, -0.2) is 0 Å². The van der Waals surface area contributed by atoms with Crippen LogP contribution in [0.15, 0.2) is 24.3 Å². The minimum absolute atomic E-state index is 0.181. The number of rotatable bonds is 2. The second-order valence-corrected chi connectivity index (χ2v) is 3.65. The van der Waals surface area contributed by atoms with Crippen molar-refractivity contribution in [1.29, 1.82) is 0 Å². The first-order valence-corrected chi connectivity index (χ1v) is 4.70. The van der Waals surface area contributed by atoms with E-state index in [0.717, 1.165) is 12.8 Å². The molecule has 2 N–H and O–H groups in total. The highest BCUT2D eigenvalue weighted by Crippen LogP contribution is 2.35. The molecule has 0 heterocycles. The molecule has 1 aromatic rings. The molecule has 0 unspecified atom stereocenters. The zero-order chi connectivity index (χ0) is 9.31. The molecule has 0 saturated carbocycles. The molecule has 0 aliphatic heterocycles. The molecule has 0 amide bonds. The number of benzene rings is 1. The molecular formula is C11H15NO. The summed E-state index contributed by atoms with van der Waals surface area (Å²) in [5.41, 5.74) is 2.45. The molecule has 1 aliphatic rings. The lowest BCUT2D eigenvalue weighted by Gasteiger charge is -2.27. The number of hydrogen-bond donors (Lipinski definition) is 2. The maximum atomic E-state index is 9.40. The van der Waals surface area contributed by atoms with Crippen LogP contribution in [-0.2, 0) is 12.0 Å². The van der Waals surface area contributed by atoms with E-state index < -0.39 is 0 Å². The molecule has 2 nitrogen and oxygen atoms in total. The van der Waals surface area contributed by atoms with Crippen LogP contribution in [0, 0.1) is 0 Å². The van der Waals surface area contributed by atoms with Gasteiger partial charge in [-0.05, 0) is 31.0 Å². The van der Waals surface area contributed by atoms with Gasteiger partial charge in [0.1, 0.15) is 0 Å². The van der Waals surface area contributed by atoms with Crippen LogP contribution in [-0.4, -0.2) is 18.8 Å². The molecule has 2 rings (SSSR count). The average Bonchev–Trinajstić information content (AvgIpc) is 2.58. The summed E-state index contributed by atoms with van der Waals surface area (Å²) in [6.45, 7) is 0.181. The molecule has 0 bridgehead atoms. The Morgan fingerprint density at radius 3 is 2.92 bits per heavy atom. The number of aliphatic hydroxyl groups excluding tert-OH is 1. The molecule has 2 heteroatoms. The summed E-state index contributed by atoms with van der Waals surface area (Å²) in [4.78, 5) is 0. The molecule has 0 fully saturated rings. The monoisotopic (exact) mass is 177 g/mol. The summed E-state index contributed by atoms with van der Waals surface area (Å²) in [5.74, 6) is 0. The minimum atomic E-state index is -0.184. The zero-order valence-electron chi connectivity index (χ0n) is 7.88. The van der Waals surface area contributed by atoms with E-state index in [2.05, 4.69) is 23.5 Å². The third-order valence-electron chi connectivity index (χ3n) is 3.10. The number of nitrogens with one attached hydrogen (secondary N) is 1. The molecule has 1 atom stereocenters. The summed E-state index contributed by atoms with van der Waals surface area (Å²) in [7, 11) is 1.92. The fraction of sp³-hybridized carbons (Fsp3) is 0.455. The van der Waals surface area contributed by atoms with Crippen molar-refractivity contribution >= 4 is 0 Å². The third kappa shape index (κ3) is 1.18. The van der Waals surface area contributed by atoms with Crippen LogP contribution in [0.2, 0.25) is 0 Å². The van der Waals surface area contributed by atoms with Crippen molar-refractivity contribution in [1.82, 2.24) is 5.32 Å². The number of fused-ring (bicyclic) bond motifs is 1. The number of aliphatic hydroxyl groups is 1. The zero-order valence-corrected chi connectivity index (χ0v) is 7.88. The normalized spacial score (nSPS) is 26.0. The van der Waals surface area contributed by atoms with Crippen LogP contribution in [0.1, 0.15) is 17.5 Å². The topological polar surface area (TPSA) is 32.3 Å². The van der Waals surface area contributed by atoms with Crippen LogP contribution in [0.5, 0.6) is 0 Å². The standard InChI is InChI=1S/C11H15NO/c1-12-11(8-13)7-6-9-4-2-3-5-10(9)11/h2-5,12-13H,6-8H2,1H3/t11-/m0/s1. The van der Waals surface area contributed by atoms with E-state index in [1.54, 1.807) is 0 Å². The van der Waals surface area contributed by atoms with E-state index in [1.807, 2.05) is 13.1 Å². The molecule has 1 aliphatic carbocycles. The van der Waals surface area contributed by atoms with Gasteiger partial charge in [-0.3, -0.25) is 0 Å². The van der Waals surface area contributed by atoms with E-state index in [0.29, 0.717) is 0 Å². The number of hydrogen-bond acceptors (Lipinski definition) is 2. The minimum Gasteiger partial charge on any atom is -0.394 e. The Bertz CT molecular complexity index is 305. The lowest BCUT2D eigenvalue weighted by Crippen LogP contribution is -2.41. The molecule has 1 aromatic carbocycles. The van der Waals surface area contributed by atoms with E-state index in [4.69, 9.17) is 0 Å². The Labute approximate surface area is 78.6 Å². The summed E-state index contributed by atoms with van der Waals surface area (Å²) in [5, 5.41) is 12.6. The van der Waals surface area contributed by atoms with Crippen LogP contribution in [0.4, 0.5) is 0 Å². The van der Waals surface area contributed by atoms with Gasteiger partial charge in [-0.15, -0.1) is 0 Å². The van der Waals surface area contributed by atoms with Gasteiger partial charge in [-0.1, -0.05) is 24.3 Å². The second-order valence-electron chi connectivity index (χ2n) is 3.65. The first-order valence-electron chi connectivity index (χ1n) is 4.70. The highest BCUT2D eigenvalue weighted by atomic mass is 16.3. The second kappa shape index (κ2) is 3.13. The molecule has 70 valence electrons. The Morgan fingerprint density at radius 1 is 1.46 bits per heavy atom. The largest absolute Gasteiger partial charge is 0.394 e. The predicted molar refractivity (Wildman–Crippen MR) is 52.6 cm³/mol. The van der Waals surface area contributed by atoms with Gasteiger partial charge >= 0.3 is 0 Å². The SMILES string of the molecule is CN[C@]1(CO)CCc2ccccc21. The lowest BCUT2D eigenvalue weighted by molar-refractivity contribution is 0.169. The van der Waals surface area contributed by atoms with Gasteiger partial charge < -0.3 is 10.4 Å². The van der Waals surface area contributed by atoms with Crippen LogP contribution in [0.25, 0.3) is 0 Å². The van der Waals surface area contributed by atoms with Crippen LogP contribution in [0.3, 0.4) is 0 Å². The van der Waals surface area contributed by atoms with E-state index in [-0.39, 0.29) is 12.1 Å². The quantitative estimate of drug-likeness (QED) is 0.707. The summed E-state index contributed by atoms with van der Waals surface area (Å²) < 4.78 is 0. The fourth-order valence-electron chi connectivity index (χ4n) is 2.19. The Morgan fingerprint density at radius 2 is 2.23 bits per heavy atom. The van der Waals surface area contributed by atoms with Gasteiger partial charge in [-0.2, -0.15) is 0 Å². The first-order chi connectivity index (χ1) is 6.32. The van der Waals surface area contributed by atoms with Crippen molar-refractivity contribution in [3.63, 3.8) is 0 Å².